The van der Waals surface area contributed by atoms with Gasteiger partial charge in [-0.15, -0.1) is 0 Å². The molecule has 0 spiro atoms. The second-order valence-corrected chi connectivity index (χ2v) is 7.34. The van der Waals surface area contributed by atoms with Crippen molar-refractivity contribution in [1.29, 1.82) is 0 Å². The van der Waals surface area contributed by atoms with Gasteiger partial charge in [0.25, 0.3) is 0 Å². The summed E-state index contributed by atoms with van der Waals surface area (Å²) in [6.07, 6.45) is 6.49. The molecule has 0 saturated heterocycles. The number of allylic oxidation sites excluding steroid dienone is 2. The summed E-state index contributed by atoms with van der Waals surface area (Å²) in [5.41, 5.74) is 7.26. The normalized spacial score (nSPS) is 10.7. The van der Waals surface area contributed by atoms with Gasteiger partial charge in [-0.1, -0.05) is 109 Å². The van der Waals surface area contributed by atoms with Gasteiger partial charge in [-0.3, -0.25) is 0 Å². The molecule has 1 heteroatoms. The fourth-order valence-corrected chi connectivity index (χ4v) is 3.74. The lowest BCUT2D eigenvalue weighted by atomic mass is 9.97. The van der Waals surface area contributed by atoms with E-state index in [1.54, 1.807) is 0 Å². The average Bonchev–Trinajstić information content (AvgIpc) is 2.85. The molecule has 0 aliphatic rings. The van der Waals surface area contributed by atoms with Crippen LogP contribution in [0.3, 0.4) is 0 Å². The van der Waals surface area contributed by atoms with E-state index >= 15 is 0 Å². The summed E-state index contributed by atoms with van der Waals surface area (Å²) >= 11 is 0. The van der Waals surface area contributed by atoms with Gasteiger partial charge in [0, 0.05) is 17.9 Å². The molecule has 0 fully saturated rings. The molecule has 0 heterocycles. The van der Waals surface area contributed by atoms with Crippen molar-refractivity contribution < 1.29 is 0 Å². The van der Waals surface area contributed by atoms with E-state index in [2.05, 4.69) is 145 Å². The number of hydrogen-bond acceptors (Lipinski definition) is 1. The Hall–Kier alpha value is -3.84. The zero-order valence-corrected chi connectivity index (χ0v) is 17.9. The minimum absolute atomic E-state index is 0.930. The molecule has 0 amide bonds. The zero-order chi connectivity index (χ0) is 21.3. The van der Waals surface area contributed by atoms with Crippen molar-refractivity contribution in [3.8, 4) is 0 Å². The lowest BCUT2D eigenvalue weighted by Crippen LogP contribution is -2.15. The molecule has 31 heavy (non-hydrogen) atoms. The molecule has 0 aromatic heterocycles. The Kier molecular flexibility index (Phi) is 6.77. The first-order valence-electron chi connectivity index (χ1n) is 10.8. The maximum atomic E-state index is 2.32. The van der Waals surface area contributed by atoms with Crippen molar-refractivity contribution >= 4 is 23.0 Å². The Morgan fingerprint density at radius 3 is 1.61 bits per heavy atom. The molecule has 4 aromatic rings. The van der Waals surface area contributed by atoms with Crippen LogP contribution in [0.2, 0.25) is 0 Å². The molecule has 0 N–H and O–H groups in total. The molecule has 152 valence electrons. The predicted octanol–water partition coefficient (Wildman–Crippen LogP) is 7.99. The topological polar surface area (TPSA) is 3.24 Å². The van der Waals surface area contributed by atoms with Crippen LogP contribution in [0.1, 0.15) is 23.6 Å². The molecular formula is C30H27N. The molecule has 0 radical (unpaired) electrons. The third kappa shape index (κ3) is 5.21. The van der Waals surface area contributed by atoms with E-state index in [0.717, 1.165) is 6.54 Å². The van der Waals surface area contributed by atoms with Crippen molar-refractivity contribution in [2.75, 3.05) is 11.4 Å². The van der Waals surface area contributed by atoms with Crippen LogP contribution in [0.15, 0.2) is 127 Å². The Bertz CT molecular complexity index is 1080. The number of rotatable bonds is 7. The first-order chi connectivity index (χ1) is 15.3. The molecule has 0 unspecified atom stereocenters. The summed E-state index contributed by atoms with van der Waals surface area (Å²) in [5.74, 6) is 0. The predicted molar refractivity (Wildman–Crippen MR) is 135 cm³/mol. The quantitative estimate of drug-likeness (QED) is 0.284. The van der Waals surface area contributed by atoms with Crippen LogP contribution in [-0.2, 0) is 0 Å². The zero-order valence-electron chi connectivity index (χ0n) is 17.9. The van der Waals surface area contributed by atoms with Gasteiger partial charge in [0.15, 0.2) is 0 Å². The van der Waals surface area contributed by atoms with E-state index in [4.69, 9.17) is 0 Å². The number of nitrogens with zero attached hydrogens (tertiary/aromatic N) is 1. The van der Waals surface area contributed by atoms with Crippen LogP contribution in [0.25, 0.3) is 11.6 Å². The molecule has 4 aromatic carbocycles. The van der Waals surface area contributed by atoms with Gasteiger partial charge in [-0.25, -0.2) is 0 Å². The molecule has 0 saturated carbocycles. The van der Waals surface area contributed by atoms with Gasteiger partial charge in [-0.05, 0) is 53.5 Å². The van der Waals surface area contributed by atoms with Crippen molar-refractivity contribution in [1.82, 2.24) is 0 Å². The van der Waals surface area contributed by atoms with E-state index in [1.807, 2.05) is 0 Å². The second kappa shape index (κ2) is 10.3. The Morgan fingerprint density at radius 2 is 1.10 bits per heavy atom. The largest absolute Gasteiger partial charge is 0.342 e. The van der Waals surface area contributed by atoms with Gasteiger partial charge >= 0.3 is 0 Å². The van der Waals surface area contributed by atoms with E-state index in [9.17, 15) is 0 Å². The highest BCUT2D eigenvalue weighted by atomic mass is 15.1. The summed E-state index contributed by atoms with van der Waals surface area (Å²) < 4.78 is 0. The fourth-order valence-electron chi connectivity index (χ4n) is 3.74. The van der Waals surface area contributed by atoms with Gasteiger partial charge in [-0.2, -0.15) is 0 Å². The molecule has 0 aliphatic heterocycles. The second-order valence-electron chi connectivity index (χ2n) is 7.34. The van der Waals surface area contributed by atoms with Gasteiger partial charge in [0.05, 0.1) is 0 Å². The van der Waals surface area contributed by atoms with Crippen molar-refractivity contribution in [2.24, 2.45) is 0 Å². The van der Waals surface area contributed by atoms with E-state index in [1.165, 1.54) is 33.6 Å². The van der Waals surface area contributed by atoms with Crippen LogP contribution < -0.4 is 4.90 Å². The van der Waals surface area contributed by atoms with E-state index in [0.29, 0.717) is 0 Å². The lowest BCUT2D eigenvalue weighted by Gasteiger charge is -2.23. The first kappa shape index (κ1) is 20.4. The van der Waals surface area contributed by atoms with Crippen LogP contribution >= 0.6 is 0 Å². The number of para-hydroxylation sites is 1. The molecule has 1 nitrogen and oxygen atoms in total. The number of benzene rings is 4. The highest BCUT2D eigenvalue weighted by Crippen LogP contribution is 2.26. The maximum Gasteiger partial charge on any atom is 0.0411 e. The summed E-state index contributed by atoms with van der Waals surface area (Å²) in [5, 5.41) is 0. The Balaban J connectivity index is 1.56. The molecule has 0 bridgehead atoms. The summed E-state index contributed by atoms with van der Waals surface area (Å²) in [6, 6.07) is 40.3. The monoisotopic (exact) mass is 401 g/mol. The molecule has 0 atom stereocenters. The highest BCUT2D eigenvalue weighted by molar-refractivity contribution is 5.81. The fraction of sp³-hybridized carbons (Fsp3) is 0.0667. The van der Waals surface area contributed by atoms with E-state index in [-0.39, 0.29) is 0 Å². The van der Waals surface area contributed by atoms with Crippen LogP contribution in [0, 0.1) is 0 Å². The average molecular weight is 402 g/mol. The third-order valence-corrected chi connectivity index (χ3v) is 5.31. The standard InChI is InChI=1S/C30H27N/c1-2-31(28-18-10-5-11-19-28)29-23-21-25(22-24-29)13-12-20-30(26-14-6-3-7-15-26)27-16-8-4-9-17-27/h3-24H,2H2,1H3/b13-12+. The first-order valence-corrected chi connectivity index (χ1v) is 10.8. The SMILES string of the molecule is CCN(c1ccccc1)c1ccc(/C=C/C=C(c2ccccc2)c2ccccc2)cc1. The summed E-state index contributed by atoms with van der Waals surface area (Å²) in [7, 11) is 0. The smallest absolute Gasteiger partial charge is 0.0411 e. The lowest BCUT2D eigenvalue weighted by molar-refractivity contribution is 1.02. The minimum atomic E-state index is 0.930. The number of hydrogen-bond donors (Lipinski definition) is 0. The van der Waals surface area contributed by atoms with Gasteiger partial charge in [0.2, 0.25) is 0 Å². The summed E-state index contributed by atoms with van der Waals surface area (Å²) in [6.45, 7) is 3.11. The van der Waals surface area contributed by atoms with Crippen molar-refractivity contribution in [3.05, 3.63) is 144 Å². The van der Waals surface area contributed by atoms with Gasteiger partial charge < -0.3 is 4.90 Å². The van der Waals surface area contributed by atoms with Crippen LogP contribution in [0.4, 0.5) is 11.4 Å². The summed E-state index contributed by atoms with van der Waals surface area (Å²) in [4.78, 5) is 2.32. The van der Waals surface area contributed by atoms with Crippen LogP contribution in [0.5, 0.6) is 0 Å². The number of anilines is 2. The third-order valence-electron chi connectivity index (χ3n) is 5.31. The minimum Gasteiger partial charge on any atom is -0.342 e. The molecule has 0 aliphatic carbocycles. The molecular weight excluding hydrogens is 374 g/mol. The molecule has 4 rings (SSSR count). The van der Waals surface area contributed by atoms with Crippen LogP contribution in [-0.4, -0.2) is 6.54 Å². The van der Waals surface area contributed by atoms with Crippen molar-refractivity contribution in [2.45, 2.75) is 6.92 Å². The Labute approximate surface area is 185 Å². The highest BCUT2D eigenvalue weighted by Gasteiger charge is 2.06. The van der Waals surface area contributed by atoms with Gasteiger partial charge in [0.1, 0.15) is 0 Å². The van der Waals surface area contributed by atoms with E-state index < -0.39 is 0 Å². The van der Waals surface area contributed by atoms with Crippen molar-refractivity contribution in [3.63, 3.8) is 0 Å². The maximum absolute atomic E-state index is 2.32. The Morgan fingerprint density at radius 1 is 0.613 bits per heavy atom.